The van der Waals surface area contributed by atoms with Gasteiger partial charge in [-0.1, -0.05) is 30.3 Å². The number of aromatic nitrogens is 2. The molecular weight excluding hydrogens is 336 g/mol. The number of likely N-dealkylation sites (tertiary alicyclic amines) is 1. The van der Waals surface area contributed by atoms with Crippen LogP contribution < -0.4 is 15.8 Å². The second-order valence-electron chi connectivity index (χ2n) is 6.36. The van der Waals surface area contributed by atoms with Gasteiger partial charge in [0.25, 0.3) is 11.5 Å². The third-order valence-electron chi connectivity index (χ3n) is 4.60. The third-order valence-corrected chi connectivity index (χ3v) is 5.37. The van der Waals surface area contributed by atoms with Crippen molar-refractivity contribution in [2.24, 2.45) is 0 Å². The lowest BCUT2D eigenvalue weighted by atomic mass is 10.2. The maximum atomic E-state index is 12.5. The second-order valence-corrected chi connectivity index (χ2v) is 7.23. The summed E-state index contributed by atoms with van der Waals surface area (Å²) in [6.07, 6.45) is 3.95. The molecule has 7 heteroatoms. The fourth-order valence-corrected chi connectivity index (χ4v) is 4.02. The molecular formula is C18H19N4O2S+. The number of carbonyl (C=O) groups is 1. The normalized spacial score (nSPS) is 20.0. The Bertz CT molecular complexity index is 950. The Morgan fingerprint density at radius 3 is 3.04 bits per heavy atom. The zero-order valence-corrected chi connectivity index (χ0v) is 14.5. The van der Waals surface area contributed by atoms with Crippen LogP contribution in [0.5, 0.6) is 0 Å². The average Bonchev–Trinajstić information content (AvgIpc) is 3.26. The number of amides is 1. The summed E-state index contributed by atoms with van der Waals surface area (Å²) in [6.45, 7) is 2.84. The van der Waals surface area contributed by atoms with Crippen LogP contribution in [-0.2, 0) is 6.54 Å². The third kappa shape index (κ3) is 3.33. The number of carbonyl (C=O) groups excluding carboxylic acids is 1. The number of thiazole rings is 1. The summed E-state index contributed by atoms with van der Waals surface area (Å²) < 4.78 is 1.42. The molecule has 1 aromatic carbocycles. The Hall–Kier alpha value is -2.51. The predicted octanol–water partition coefficient (Wildman–Crippen LogP) is 0.343. The topological polar surface area (TPSA) is 67.9 Å². The zero-order chi connectivity index (χ0) is 17.2. The maximum absolute atomic E-state index is 12.5. The summed E-state index contributed by atoms with van der Waals surface area (Å²) in [6, 6.07) is 10.5. The van der Waals surface area contributed by atoms with Gasteiger partial charge in [0, 0.05) is 29.8 Å². The fourth-order valence-electron chi connectivity index (χ4n) is 3.34. The summed E-state index contributed by atoms with van der Waals surface area (Å²) in [5, 5.41) is 4.78. The molecule has 0 spiro atoms. The fraction of sp³-hybridized carbons (Fsp3) is 0.278. The summed E-state index contributed by atoms with van der Waals surface area (Å²) >= 11 is 1.37. The van der Waals surface area contributed by atoms with E-state index in [1.54, 1.807) is 11.6 Å². The van der Waals surface area contributed by atoms with E-state index in [1.807, 2.05) is 18.2 Å². The van der Waals surface area contributed by atoms with Crippen molar-refractivity contribution < 1.29 is 9.69 Å². The van der Waals surface area contributed by atoms with Gasteiger partial charge in [0.15, 0.2) is 4.96 Å². The van der Waals surface area contributed by atoms with Crippen molar-refractivity contribution >= 4 is 22.2 Å². The van der Waals surface area contributed by atoms with Crippen molar-refractivity contribution in [3.05, 3.63) is 69.6 Å². The number of nitrogens with one attached hydrogen (secondary N) is 2. The molecule has 0 radical (unpaired) electrons. The minimum atomic E-state index is -0.330. The van der Waals surface area contributed by atoms with Gasteiger partial charge < -0.3 is 10.2 Å². The lowest BCUT2D eigenvalue weighted by molar-refractivity contribution is -0.901. The number of hydrogen-bond acceptors (Lipinski definition) is 4. The quantitative estimate of drug-likeness (QED) is 0.709. The van der Waals surface area contributed by atoms with Crippen LogP contribution in [0.4, 0.5) is 0 Å². The highest BCUT2D eigenvalue weighted by molar-refractivity contribution is 7.15. The number of benzene rings is 1. The minimum absolute atomic E-state index is 0.0915. The van der Waals surface area contributed by atoms with Crippen LogP contribution >= 0.6 is 11.3 Å². The summed E-state index contributed by atoms with van der Waals surface area (Å²) in [4.78, 5) is 31.1. The molecule has 1 unspecified atom stereocenters. The monoisotopic (exact) mass is 355 g/mol. The summed E-state index contributed by atoms with van der Waals surface area (Å²) in [5.41, 5.74) is 1.09. The molecule has 1 fully saturated rings. The van der Waals surface area contributed by atoms with Gasteiger partial charge in [0.1, 0.15) is 12.1 Å². The Balaban J connectivity index is 1.41. The Morgan fingerprint density at radius 2 is 2.20 bits per heavy atom. The van der Waals surface area contributed by atoms with Crippen LogP contribution in [0.15, 0.2) is 52.9 Å². The van der Waals surface area contributed by atoms with Gasteiger partial charge in [-0.3, -0.25) is 14.0 Å². The largest absolute Gasteiger partial charge is 0.343 e. The molecule has 3 aromatic rings. The van der Waals surface area contributed by atoms with Gasteiger partial charge >= 0.3 is 0 Å². The van der Waals surface area contributed by atoms with Crippen LogP contribution in [-0.4, -0.2) is 34.4 Å². The number of fused-ring (bicyclic) bond motifs is 1. The van der Waals surface area contributed by atoms with Crippen LogP contribution in [0.25, 0.3) is 4.96 Å². The predicted molar refractivity (Wildman–Crippen MR) is 96.1 cm³/mol. The van der Waals surface area contributed by atoms with E-state index in [2.05, 4.69) is 22.4 Å². The van der Waals surface area contributed by atoms with E-state index >= 15 is 0 Å². The standard InChI is InChI=1S/C18H18N4O2S/c23-16(15-10-19-18-22(17(15)24)8-9-25-18)20-14-6-7-21(12-14)11-13-4-2-1-3-5-13/h1-5,8-10,14H,6-7,11-12H2,(H,20,23)/p+1/t14-/m1/s1. The molecule has 1 saturated heterocycles. The van der Waals surface area contributed by atoms with Crippen molar-refractivity contribution in [2.45, 2.75) is 19.0 Å². The molecule has 0 aliphatic carbocycles. The average molecular weight is 355 g/mol. The van der Waals surface area contributed by atoms with Gasteiger partial charge in [-0.25, -0.2) is 4.98 Å². The number of rotatable bonds is 4. The van der Waals surface area contributed by atoms with Gasteiger partial charge in [-0.2, -0.15) is 0 Å². The summed E-state index contributed by atoms with van der Waals surface area (Å²) in [5.74, 6) is -0.330. The van der Waals surface area contributed by atoms with Gasteiger partial charge in [-0.05, 0) is 0 Å². The first-order valence-corrected chi connectivity index (χ1v) is 9.22. The van der Waals surface area contributed by atoms with Gasteiger partial charge in [0.05, 0.1) is 19.1 Å². The molecule has 2 aromatic heterocycles. The van der Waals surface area contributed by atoms with Crippen LogP contribution in [0.2, 0.25) is 0 Å². The molecule has 2 N–H and O–H groups in total. The second kappa shape index (κ2) is 6.78. The SMILES string of the molecule is O=C(N[C@@H]1CC[NH+](Cc2ccccc2)C1)c1cnc2sccn2c1=O. The van der Waals surface area contributed by atoms with Crippen molar-refractivity contribution in [3.63, 3.8) is 0 Å². The molecule has 128 valence electrons. The van der Waals surface area contributed by atoms with E-state index in [0.29, 0.717) is 4.96 Å². The molecule has 2 atom stereocenters. The molecule has 0 saturated carbocycles. The Kier molecular flexibility index (Phi) is 4.33. The lowest BCUT2D eigenvalue weighted by Gasteiger charge is -2.14. The van der Waals surface area contributed by atoms with E-state index in [0.717, 1.165) is 26.1 Å². The zero-order valence-electron chi connectivity index (χ0n) is 13.6. The maximum Gasteiger partial charge on any atom is 0.271 e. The van der Waals surface area contributed by atoms with E-state index in [-0.39, 0.29) is 23.1 Å². The van der Waals surface area contributed by atoms with Gasteiger partial charge in [0.2, 0.25) is 0 Å². The Morgan fingerprint density at radius 1 is 1.36 bits per heavy atom. The Labute approximate surface area is 148 Å². The highest BCUT2D eigenvalue weighted by atomic mass is 32.1. The molecule has 3 heterocycles. The number of hydrogen-bond donors (Lipinski definition) is 2. The van der Waals surface area contributed by atoms with Crippen molar-refractivity contribution in [1.29, 1.82) is 0 Å². The minimum Gasteiger partial charge on any atom is -0.343 e. The van der Waals surface area contributed by atoms with E-state index < -0.39 is 0 Å². The molecule has 1 amide bonds. The van der Waals surface area contributed by atoms with E-state index in [9.17, 15) is 9.59 Å². The van der Waals surface area contributed by atoms with E-state index in [4.69, 9.17) is 0 Å². The first-order chi connectivity index (χ1) is 12.2. The first-order valence-electron chi connectivity index (χ1n) is 8.34. The highest BCUT2D eigenvalue weighted by Gasteiger charge is 2.28. The molecule has 4 rings (SSSR count). The van der Waals surface area contributed by atoms with Crippen LogP contribution in [0.3, 0.4) is 0 Å². The molecule has 1 aliphatic rings. The van der Waals surface area contributed by atoms with Crippen molar-refractivity contribution in [2.75, 3.05) is 13.1 Å². The van der Waals surface area contributed by atoms with Gasteiger partial charge in [-0.15, -0.1) is 11.3 Å². The lowest BCUT2D eigenvalue weighted by Crippen LogP contribution is -3.09. The highest BCUT2D eigenvalue weighted by Crippen LogP contribution is 2.06. The molecule has 25 heavy (non-hydrogen) atoms. The van der Waals surface area contributed by atoms with Crippen molar-refractivity contribution in [3.8, 4) is 0 Å². The van der Waals surface area contributed by atoms with E-state index in [1.165, 1.54) is 32.4 Å². The number of nitrogens with zero attached hydrogens (tertiary/aromatic N) is 2. The first kappa shape index (κ1) is 16.0. The van der Waals surface area contributed by atoms with Crippen molar-refractivity contribution in [1.82, 2.24) is 14.7 Å². The number of quaternary nitrogens is 1. The molecule has 0 bridgehead atoms. The smallest absolute Gasteiger partial charge is 0.271 e. The summed E-state index contributed by atoms with van der Waals surface area (Å²) in [7, 11) is 0. The molecule has 1 aliphatic heterocycles. The van der Waals surface area contributed by atoms with Crippen LogP contribution in [0, 0.1) is 0 Å². The van der Waals surface area contributed by atoms with Crippen LogP contribution in [0.1, 0.15) is 22.3 Å². The molecule has 6 nitrogen and oxygen atoms in total.